The number of carbonyl (C=O) groups excluding carboxylic acids is 1. The summed E-state index contributed by atoms with van der Waals surface area (Å²) in [5.74, 6) is -1.88. The van der Waals surface area contributed by atoms with E-state index in [1.807, 2.05) is 20.8 Å². The minimum Gasteiger partial charge on any atom is -0.477 e. The zero-order valence-corrected chi connectivity index (χ0v) is 14.6. The number of thioether (sulfide) groups is 1. The lowest BCUT2D eigenvalue weighted by molar-refractivity contribution is -0.163. The summed E-state index contributed by atoms with van der Waals surface area (Å²) in [6.07, 6.45) is -0.794. The maximum atomic E-state index is 12.2. The van der Waals surface area contributed by atoms with Gasteiger partial charge >= 0.3 is 5.97 Å². The van der Waals surface area contributed by atoms with Gasteiger partial charge in [-0.2, -0.15) is 0 Å². The normalized spacial score (nSPS) is 28.7. The van der Waals surface area contributed by atoms with Crippen LogP contribution >= 0.6 is 11.8 Å². The second kappa shape index (κ2) is 6.43. The number of aliphatic hydroxyl groups excluding tert-OH is 1. The number of amides is 1. The van der Waals surface area contributed by atoms with Crippen LogP contribution in [0.4, 0.5) is 0 Å². The van der Waals surface area contributed by atoms with Crippen LogP contribution in [0.3, 0.4) is 0 Å². The molecule has 130 valence electrons. The molecule has 1 fully saturated rings. The van der Waals surface area contributed by atoms with E-state index in [4.69, 9.17) is 10.5 Å². The summed E-state index contributed by atoms with van der Waals surface area (Å²) in [7, 11) is 0. The predicted octanol–water partition coefficient (Wildman–Crippen LogP) is 0.585. The average Bonchev–Trinajstić information content (AvgIpc) is 2.68. The third kappa shape index (κ3) is 3.13. The van der Waals surface area contributed by atoms with E-state index in [2.05, 4.69) is 0 Å². The van der Waals surface area contributed by atoms with Crippen LogP contribution in [0.15, 0.2) is 10.6 Å². The Labute approximate surface area is 139 Å². The molecule has 0 aliphatic carbocycles. The highest BCUT2D eigenvalue weighted by molar-refractivity contribution is 8.03. The van der Waals surface area contributed by atoms with Crippen molar-refractivity contribution < 1.29 is 24.5 Å². The number of ether oxygens (including phenoxy) is 1. The van der Waals surface area contributed by atoms with Crippen molar-refractivity contribution in [1.82, 2.24) is 4.90 Å². The predicted molar refractivity (Wildman–Crippen MR) is 86.3 cm³/mol. The molecule has 0 aromatic heterocycles. The van der Waals surface area contributed by atoms with Crippen molar-refractivity contribution in [3.8, 4) is 0 Å². The van der Waals surface area contributed by atoms with Crippen molar-refractivity contribution >= 4 is 23.6 Å². The zero-order valence-electron chi connectivity index (χ0n) is 13.8. The first-order valence-electron chi connectivity index (χ1n) is 7.57. The molecule has 23 heavy (non-hydrogen) atoms. The summed E-state index contributed by atoms with van der Waals surface area (Å²) in [6.45, 7) is 7.51. The molecule has 0 saturated carbocycles. The largest absolute Gasteiger partial charge is 0.477 e. The van der Waals surface area contributed by atoms with Gasteiger partial charge in [-0.25, -0.2) is 4.79 Å². The number of nitrogens with two attached hydrogens (primary N) is 1. The minimum absolute atomic E-state index is 0.0172. The van der Waals surface area contributed by atoms with Crippen molar-refractivity contribution in [1.29, 1.82) is 0 Å². The van der Waals surface area contributed by atoms with Crippen LogP contribution in [0.5, 0.6) is 0 Å². The number of nitrogens with zero attached hydrogens (tertiary/aromatic N) is 1. The van der Waals surface area contributed by atoms with E-state index < -0.39 is 23.6 Å². The van der Waals surface area contributed by atoms with E-state index in [9.17, 15) is 19.8 Å². The second-order valence-electron chi connectivity index (χ2n) is 6.64. The van der Waals surface area contributed by atoms with Gasteiger partial charge in [-0.05, 0) is 20.8 Å². The fourth-order valence-electron chi connectivity index (χ4n) is 3.03. The zero-order chi connectivity index (χ0) is 17.5. The van der Waals surface area contributed by atoms with Crippen LogP contribution in [0.25, 0.3) is 0 Å². The molecule has 0 bridgehead atoms. The molecule has 1 saturated heterocycles. The van der Waals surface area contributed by atoms with Crippen molar-refractivity contribution in [2.75, 3.05) is 12.5 Å². The number of hydrogen-bond donors (Lipinski definition) is 3. The summed E-state index contributed by atoms with van der Waals surface area (Å²) < 4.78 is 5.67. The highest BCUT2D eigenvalue weighted by atomic mass is 32.2. The van der Waals surface area contributed by atoms with Crippen molar-refractivity contribution in [2.24, 2.45) is 17.6 Å². The summed E-state index contributed by atoms with van der Waals surface area (Å²) in [6, 6.07) is -0.293. The second-order valence-corrected chi connectivity index (χ2v) is 7.61. The standard InChI is InChI=1S/C15H24N2O5S/c1-7-10-9(8(2)18)13(19)17(10)11(14(20)21)12(7)23-6-22-15(3,4)5-16/h7-10,18H,5-6,16H2,1-4H3,(H,20,21). The van der Waals surface area contributed by atoms with E-state index in [-0.39, 0.29) is 29.5 Å². The van der Waals surface area contributed by atoms with E-state index in [0.717, 1.165) is 0 Å². The highest BCUT2D eigenvalue weighted by Gasteiger charge is 2.59. The molecule has 1 amide bonds. The van der Waals surface area contributed by atoms with E-state index in [1.165, 1.54) is 16.7 Å². The van der Waals surface area contributed by atoms with Crippen molar-refractivity contribution in [3.63, 3.8) is 0 Å². The molecule has 8 heteroatoms. The van der Waals surface area contributed by atoms with Crippen LogP contribution in [0, 0.1) is 11.8 Å². The third-order valence-corrected chi connectivity index (χ3v) is 5.58. The van der Waals surface area contributed by atoms with Gasteiger partial charge in [0.25, 0.3) is 0 Å². The lowest BCUT2D eigenvalue weighted by Gasteiger charge is -2.46. The molecule has 2 aliphatic rings. The maximum absolute atomic E-state index is 12.2. The van der Waals surface area contributed by atoms with Gasteiger partial charge in [0.2, 0.25) is 5.91 Å². The molecule has 0 aromatic rings. The van der Waals surface area contributed by atoms with Crippen LogP contribution in [0.2, 0.25) is 0 Å². The Morgan fingerprint density at radius 3 is 2.61 bits per heavy atom. The average molecular weight is 344 g/mol. The van der Waals surface area contributed by atoms with Gasteiger partial charge in [0.15, 0.2) is 0 Å². The fourth-order valence-corrected chi connectivity index (χ4v) is 4.26. The van der Waals surface area contributed by atoms with E-state index >= 15 is 0 Å². The first-order valence-corrected chi connectivity index (χ1v) is 8.56. The summed E-state index contributed by atoms with van der Waals surface area (Å²) in [5.41, 5.74) is 5.13. The summed E-state index contributed by atoms with van der Waals surface area (Å²) >= 11 is 1.28. The van der Waals surface area contributed by atoms with Crippen molar-refractivity contribution in [2.45, 2.75) is 45.4 Å². The van der Waals surface area contributed by atoms with Gasteiger partial charge in [-0.3, -0.25) is 4.79 Å². The third-order valence-electron chi connectivity index (χ3n) is 4.47. The molecule has 0 spiro atoms. The molecule has 4 unspecified atom stereocenters. The molecule has 0 aromatic carbocycles. The summed E-state index contributed by atoms with van der Waals surface area (Å²) in [4.78, 5) is 25.7. The molecule has 4 N–H and O–H groups in total. The van der Waals surface area contributed by atoms with Gasteiger partial charge < -0.3 is 25.6 Å². The topological polar surface area (TPSA) is 113 Å². The number of carbonyl (C=O) groups is 2. The number of carboxylic acid groups (broad SMARTS) is 1. The number of β-lactam (4-membered cyclic amide) rings is 1. The molecule has 2 aliphatic heterocycles. The Hall–Kier alpha value is -1.09. The van der Waals surface area contributed by atoms with E-state index in [0.29, 0.717) is 11.4 Å². The monoisotopic (exact) mass is 344 g/mol. The first-order chi connectivity index (χ1) is 10.6. The quantitative estimate of drug-likeness (QED) is 0.457. The van der Waals surface area contributed by atoms with Crippen molar-refractivity contribution in [3.05, 3.63) is 10.6 Å². The molecular formula is C15H24N2O5S. The summed E-state index contributed by atoms with van der Waals surface area (Å²) in [5, 5.41) is 19.3. The van der Waals surface area contributed by atoms with Gasteiger partial charge in [0.1, 0.15) is 5.70 Å². The number of hydrogen-bond acceptors (Lipinski definition) is 6. The fraction of sp³-hybridized carbons (Fsp3) is 0.733. The minimum atomic E-state index is -1.13. The Balaban J connectivity index is 2.17. The first kappa shape index (κ1) is 18.3. The Morgan fingerprint density at radius 2 is 2.13 bits per heavy atom. The maximum Gasteiger partial charge on any atom is 0.353 e. The van der Waals surface area contributed by atoms with Gasteiger partial charge in [0, 0.05) is 17.4 Å². The van der Waals surface area contributed by atoms with Crippen LogP contribution < -0.4 is 5.73 Å². The number of carboxylic acids is 1. The highest BCUT2D eigenvalue weighted by Crippen LogP contribution is 2.50. The number of aliphatic hydroxyl groups is 1. The molecule has 7 nitrogen and oxygen atoms in total. The number of fused-ring (bicyclic) bond motifs is 1. The molecule has 4 atom stereocenters. The lowest BCUT2D eigenvalue weighted by atomic mass is 9.79. The Bertz CT molecular complexity index is 546. The SMILES string of the molecule is CC(O)C1C(=O)N2C(C(=O)O)=C(SCOC(C)(C)CN)C(C)C12. The van der Waals surface area contributed by atoms with E-state index in [1.54, 1.807) is 6.92 Å². The van der Waals surface area contributed by atoms with Gasteiger partial charge in [0.05, 0.1) is 29.6 Å². The molecule has 2 heterocycles. The van der Waals surface area contributed by atoms with Crippen LogP contribution in [-0.4, -0.2) is 57.2 Å². The number of rotatable bonds is 7. The number of aliphatic carboxylic acids is 1. The lowest BCUT2D eigenvalue weighted by Crippen LogP contribution is -2.63. The Kier molecular flexibility index (Phi) is 5.10. The van der Waals surface area contributed by atoms with Gasteiger partial charge in [-0.15, -0.1) is 0 Å². The molecule has 2 rings (SSSR count). The Morgan fingerprint density at radius 1 is 1.52 bits per heavy atom. The molecular weight excluding hydrogens is 320 g/mol. The molecule has 0 radical (unpaired) electrons. The van der Waals surface area contributed by atoms with Crippen LogP contribution in [-0.2, 0) is 14.3 Å². The van der Waals surface area contributed by atoms with Gasteiger partial charge in [-0.1, -0.05) is 18.7 Å². The smallest absolute Gasteiger partial charge is 0.353 e. The van der Waals surface area contributed by atoms with Crippen LogP contribution in [0.1, 0.15) is 27.7 Å².